The summed E-state index contributed by atoms with van der Waals surface area (Å²) >= 11 is 2.05. The summed E-state index contributed by atoms with van der Waals surface area (Å²) in [6, 6.07) is 8.33. The van der Waals surface area contributed by atoms with Gasteiger partial charge in [-0.25, -0.2) is 0 Å². The molecule has 0 aromatic heterocycles. The number of methoxy groups -OCH3 is 1. The van der Waals surface area contributed by atoms with Gasteiger partial charge >= 0.3 is 0 Å². The van der Waals surface area contributed by atoms with E-state index in [-0.39, 0.29) is 28.7 Å². The van der Waals surface area contributed by atoms with Gasteiger partial charge in [-0.1, -0.05) is 13.0 Å². The van der Waals surface area contributed by atoms with Crippen LogP contribution in [0.25, 0.3) is 0 Å². The van der Waals surface area contributed by atoms with Gasteiger partial charge in [-0.15, -0.1) is 24.0 Å². The molecule has 0 amide bonds. The van der Waals surface area contributed by atoms with Crippen LogP contribution in [0.2, 0.25) is 0 Å². The molecule has 1 aromatic carbocycles. The molecule has 2 fully saturated rings. The molecular formula is C22H37IN4O2S. The third kappa shape index (κ3) is 6.82. The number of ether oxygens (including phenoxy) is 2. The molecule has 2 heterocycles. The molecule has 1 aromatic rings. The largest absolute Gasteiger partial charge is 0.497 e. The molecule has 0 radical (unpaired) electrons. The fourth-order valence-corrected chi connectivity index (χ4v) is 5.25. The van der Waals surface area contributed by atoms with Gasteiger partial charge in [-0.2, -0.15) is 11.8 Å². The first-order valence-electron chi connectivity index (χ1n) is 10.8. The second-order valence-corrected chi connectivity index (χ2v) is 9.31. The lowest BCUT2D eigenvalue weighted by molar-refractivity contribution is 0.0792. The van der Waals surface area contributed by atoms with Crippen molar-refractivity contribution >= 4 is 47.4 Å². The molecule has 30 heavy (non-hydrogen) atoms. The molecule has 1 N–H and O–H groups in total. The van der Waals surface area contributed by atoms with Crippen LogP contribution in [0.3, 0.4) is 0 Å². The standard InChI is InChI=1S/C22H36N4O2S.HI/c1-4-23-21(24-18-22(29-5-2)9-15-28-16-10-22)26-13-11-25(12-14-26)19-7-6-8-20(17-19)27-3;/h6-8,17H,4-5,9-16,18H2,1-3H3,(H,23,24);1H. The second-order valence-electron chi connectivity index (χ2n) is 7.57. The van der Waals surface area contributed by atoms with Crippen LogP contribution in [0, 0.1) is 0 Å². The average Bonchev–Trinajstić information content (AvgIpc) is 2.78. The molecular weight excluding hydrogens is 511 g/mol. The van der Waals surface area contributed by atoms with Crippen LogP contribution in [0.5, 0.6) is 5.75 Å². The van der Waals surface area contributed by atoms with E-state index in [0.29, 0.717) is 0 Å². The normalized spacial score (nSPS) is 19.2. The molecule has 8 heteroatoms. The van der Waals surface area contributed by atoms with Gasteiger partial charge in [0.05, 0.1) is 13.7 Å². The smallest absolute Gasteiger partial charge is 0.194 e. The highest BCUT2D eigenvalue weighted by Gasteiger charge is 2.33. The molecule has 2 aliphatic rings. The van der Waals surface area contributed by atoms with E-state index < -0.39 is 0 Å². The van der Waals surface area contributed by atoms with Gasteiger partial charge in [0.15, 0.2) is 5.96 Å². The molecule has 0 aliphatic carbocycles. The monoisotopic (exact) mass is 548 g/mol. The van der Waals surface area contributed by atoms with E-state index in [4.69, 9.17) is 14.5 Å². The van der Waals surface area contributed by atoms with Gasteiger partial charge in [0.1, 0.15) is 5.75 Å². The van der Waals surface area contributed by atoms with Crippen molar-refractivity contribution in [3.63, 3.8) is 0 Å². The third-order valence-corrected chi connectivity index (χ3v) is 7.14. The maximum absolute atomic E-state index is 5.61. The molecule has 0 saturated carbocycles. The molecule has 3 rings (SSSR count). The quantitative estimate of drug-likeness (QED) is 0.319. The zero-order chi connectivity index (χ0) is 20.5. The third-order valence-electron chi connectivity index (χ3n) is 5.70. The van der Waals surface area contributed by atoms with Gasteiger partial charge in [-0.05, 0) is 37.7 Å². The molecule has 0 spiro atoms. The number of hydrogen-bond acceptors (Lipinski definition) is 5. The number of anilines is 1. The number of halogens is 1. The minimum Gasteiger partial charge on any atom is -0.497 e. The number of hydrogen-bond donors (Lipinski definition) is 1. The summed E-state index contributed by atoms with van der Waals surface area (Å²) in [5, 5.41) is 3.52. The van der Waals surface area contributed by atoms with Crippen molar-refractivity contribution in [1.82, 2.24) is 10.2 Å². The highest BCUT2D eigenvalue weighted by molar-refractivity contribution is 14.0. The van der Waals surface area contributed by atoms with Gasteiger partial charge < -0.3 is 24.6 Å². The van der Waals surface area contributed by atoms with E-state index in [9.17, 15) is 0 Å². The van der Waals surface area contributed by atoms with Crippen LogP contribution >= 0.6 is 35.7 Å². The first kappa shape index (κ1) is 25.4. The summed E-state index contributed by atoms with van der Waals surface area (Å²) < 4.78 is 11.2. The fraction of sp³-hybridized carbons (Fsp3) is 0.682. The van der Waals surface area contributed by atoms with Gasteiger partial charge in [0.2, 0.25) is 0 Å². The topological polar surface area (TPSA) is 49.3 Å². The van der Waals surface area contributed by atoms with E-state index in [1.54, 1.807) is 7.11 Å². The number of nitrogens with one attached hydrogen (secondary N) is 1. The van der Waals surface area contributed by atoms with Crippen molar-refractivity contribution in [2.24, 2.45) is 4.99 Å². The van der Waals surface area contributed by atoms with Crippen molar-refractivity contribution in [3.8, 4) is 5.75 Å². The summed E-state index contributed by atoms with van der Waals surface area (Å²) in [6.07, 6.45) is 2.19. The lowest BCUT2D eigenvalue weighted by Crippen LogP contribution is -2.53. The first-order chi connectivity index (χ1) is 14.2. The summed E-state index contributed by atoms with van der Waals surface area (Å²) in [5.74, 6) is 3.10. The molecule has 0 atom stereocenters. The Kier molecular flexibility index (Phi) is 10.9. The molecule has 6 nitrogen and oxygen atoms in total. The number of rotatable bonds is 7. The Hall–Kier alpha value is -0.870. The minimum absolute atomic E-state index is 0. The highest BCUT2D eigenvalue weighted by atomic mass is 127. The first-order valence-corrected chi connectivity index (χ1v) is 11.8. The summed E-state index contributed by atoms with van der Waals surface area (Å²) in [4.78, 5) is 9.93. The predicted octanol–water partition coefficient (Wildman–Crippen LogP) is 3.70. The molecule has 170 valence electrons. The van der Waals surface area contributed by atoms with E-state index in [1.807, 2.05) is 6.07 Å². The highest BCUT2D eigenvalue weighted by Crippen LogP contribution is 2.35. The summed E-state index contributed by atoms with van der Waals surface area (Å²) in [5.41, 5.74) is 1.23. The SMILES string of the molecule is CCNC(=NCC1(SCC)CCOCC1)N1CCN(c2cccc(OC)c2)CC1.I. The van der Waals surface area contributed by atoms with E-state index in [2.05, 4.69) is 58.9 Å². The van der Waals surface area contributed by atoms with Crippen LogP contribution in [0.1, 0.15) is 26.7 Å². The van der Waals surface area contributed by atoms with Crippen LogP contribution in [-0.2, 0) is 4.74 Å². The Morgan fingerprint density at radius 2 is 1.93 bits per heavy atom. The van der Waals surface area contributed by atoms with Gasteiger partial charge in [0, 0.05) is 62.4 Å². The Morgan fingerprint density at radius 1 is 1.20 bits per heavy atom. The number of benzene rings is 1. The van der Waals surface area contributed by atoms with Gasteiger partial charge in [0.25, 0.3) is 0 Å². The lowest BCUT2D eigenvalue weighted by atomic mass is 9.99. The fourth-order valence-electron chi connectivity index (χ4n) is 4.03. The van der Waals surface area contributed by atoms with Crippen LogP contribution in [0.4, 0.5) is 5.69 Å². The van der Waals surface area contributed by atoms with Crippen molar-refractivity contribution in [2.75, 3.05) is 70.2 Å². The zero-order valence-corrected chi connectivity index (χ0v) is 21.7. The lowest BCUT2D eigenvalue weighted by Gasteiger charge is -2.39. The Labute approximate surface area is 203 Å². The number of thioether (sulfide) groups is 1. The average molecular weight is 549 g/mol. The molecule has 0 unspecified atom stereocenters. The molecule has 2 saturated heterocycles. The van der Waals surface area contributed by atoms with Crippen LogP contribution in [0.15, 0.2) is 29.3 Å². The van der Waals surface area contributed by atoms with Gasteiger partial charge in [-0.3, -0.25) is 4.99 Å². The Morgan fingerprint density at radius 3 is 2.57 bits per heavy atom. The number of piperazine rings is 1. The molecule has 2 aliphatic heterocycles. The van der Waals surface area contributed by atoms with E-state index >= 15 is 0 Å². The minimum atomic E-state index is 0. The van der Waals surface area contributed by atoms with E-state index in [1.165, 1.54) is 5.69 Å². The Bertz CT molecular complexity index is 657. The second kappa shape index (κ2) is 12.9. The summed E-state index contributed by atoms with van der Waals surface area (Å²) in [7, 11) is 1.72. The number of guanidine groups is 1. The van der Waals surface area contributed by atoms with Crippen molar-refractivity contribution in [3.05, 3.63) is 24.3 Å². The van der Waals surface area contributed by atoms with Crippen molar-refractivity contribution in [1.29, 1.82) is 0 Å². The van der Waals surface area contributed by atoms with Crippen molar-refractivity contribution < 1.29 is 9.47 Å². The van der Waals surface area contributed by atoms with Crippen LogP contribution in [-0.4, -0.2) is 81.0 Å². The van der Waals surface area contributed by atoms with Crippen LogP contribution < -0.4 is 15.0 Å². The van der Waals surface area contributed by atoms with E-state index in [0.717, 1.165) is 82.8 Å². The number of aliphatic imine (C=N–C) groups is 1. The summed E-state index contributed by atoms with van der Waals surface area (Å²) in [6.45, 7) is 11.8. The predicted molar refractivity (Wildman–Crippen MR) is 139 cm³/mol. The zero-order valence-electron chi connectivity index (χ0n) is 18.6. The molecule has 0 bridgehead atoms. The Balaban J connectivity index is 0.00000320. The number of nitrogens with zero attached hydrogens (tertiary/aromatic N) is 3. The maximum Gasteiger partial charge on any atom is 0.194 e. The maximum atomic E-state index is 5.61. The van der Waals surface area contributed by atoms with Crippen molar-refractivity contribution in [2.45, 2.75) is 31.4 Å².